The summed E-state index contributed by atoms with van der Waals surface area (Å²) in [5.41, 5.74) is 0.122. The Kier molecular flexibility index (Phi) is 5.22. The number of hydrogen-bond donors (Lipinski definition) is 2. The topological polar surface area (TPSA) is 58.6 Å². The van der Waals surface area contributed by atoms with Gasteiger partial charge < -0.3 is 15.2 Å². The third-order valence-electron chi connectivity index (χ3n) is 4.87. The second kappa shape index (κ2) is 6.71. The average Bonchev–Trinajstić information content (AvgIpc) is 2.41. The van der Waals surface area contributed by atoms with Crippen LogP contribution in [-0.2, 0) is 9.53 Å². The molecule has 2 fully saturated rings. The molecule has 0 aromatic rings. The molecule has 0 bridgehead atoms. The van der Waals surface area contributed by atoms with Gasteiger partial charge in [0.15, 0.2) is 0 Å². The van der Waals surface area contributed by atoms with Crippen LogP contribution in [0.5, 0.6) is 0 Å². The second-order valence-electron chi connectivity index (χ2n) is 6.35. The number of rotatable bonds is 6. The average molecular weight is 269 g/mol. The van der Waals surface area contributed by atoms with E-state index < -0.39 is 6.10 Å². The first-order chi connectivity index (χ1) is 9.17. The van der Waals surface area contributed by atoms with Gasteiger partial charge in [0.2, 0.25) is 5.91 Å². The van der Waals surface area contributed by atoms with Crippen molar-refractivity contribution in [1.82, 2.24) is 5.32 Å². The maximum absolute atomic E-state index is 12.0. The van der Waals surface area contributed by atoms with Gasteiger partial charge in [-0.05, 0) is 31.6 Å². The number of aliphatic hydroxyl groups is 1. The van der Waals surface area contributed by atoms with Gasteiger partial charge in [0.05, 0.1) is 6.61 Å². The van der Waals surface area contributed by atoms with E-state index in [1.54, 1.807) is 7.11 Å². The van der Waals surface area contributed by atoms with Gasteiger partial charge in [-0.15, -0.1) is 0 Å². The number of methoxy groups -OCH3 is 1. The van der Waals surface area contributed by atoms with Crippen LogP contribution in [0.1, 0.15) is 51.4 Å². The van der Waals surface area contributed by atoms with Crippen LogP contribution in [0.25, 0.3) is 0 Å². The van der Waals surface area contributed by atoms with E-state index >= 15 is 0 Å². The summed E-state index contributed by atoms with van der Waals surface area (Å²) in [5, 5.41) is 13.1. The lowest BCUT2D eigenvalue weighted by Gasteiger charge is -2.41. The summed E-state index contributed by atoms with van der Waals surface area (Å²) in [6.07, 6.45) is 8.11. The summed E-state index contributed by atoms with van der Waals surface area (Å²) in [5.74, 6) is -0.0252. The SMILES string of the molecule is COCC1(CNC(=O)[C@H](O)C2CCCCC2)CCC1. The Balaban J connectivity index is 1.76. The lowest BCUT2D eigenvalue weighted by atomic mass is 9.69. The van der Waals surface area contributed by atoms with E-state index in [0.717, 1.165) is 38.5 Å². The number of nitrogens with one attached hydrogen (secondary N) is 1. The van der Waals surface area contributed by atoms with Crippen LogP contribution >= 0.6 is 0 Å². The molecule has 1 atom stereocenters. The van der Waals surface area contributed by atoms with Crippen LogP contribution < -0.4 is 5.32 Å². The minimum atomic E-state index is -0.819. The lowest BCUT2D eigenvalue weighted by molar-refractivity contribution is -0.134. The first kappa shape index (κ1) is 14.8. The Morgan fingerprint density at radius 1 is 1.32 bits per heavy atom. The largest absolute Gasteiger partial charge is 0.384 e. The van der Waals surface area contributed by atoms with Gasteiger partial charge in [-0.3, -0.25) is 4.79 Å². The number of aliphatic hydroxyl groups excluding tert-OH is 1. The fourth-order valence-corrected chi connectivity index (χ4v) is 3.40. The molecule has 0 unspecified atom stereocenters. The molecular weight excluding hydrogens is 242 g/mol. The van der Waals surface area contributed by atoms with Crippen molar-refractivity contribution in [1.29, 1.82) is 0 Å². The summed E-state index contributed by atoms with van der Waals surface area (Å²) < 4.78 is 5.24. The van der Waals surface area contributed by atoms with Gasteiger partial charge in [-0.2, -0.15) is 0 Å². The van der Waals surface area contributed by atoms with Crippen molar-refractivity contribution < 1.29 is 14.6 Å². The third kappa shape index (κ3) is 3.69. The van der Waals surface area contributed by atoms with Gasteiger partial charge in [0.25, 0.3) is 0 Å². The highest BCUT2D eigenvalue weighted by Crippen LogP contribution is 2.40. The maximum Gasteiger partial charge on any atom is 0.249 e. The zero-order chi connectivity index (χ0) is 13.7. The zero-order valence-corrected chi connectivity index (χ0v) is 12.0. The molecule has 2 saturated carbocycles. The third-order valence-corrected chi connectivity index (χ3v) is 4.87. The van der Waals surface area contributed by atoms with Crippen LogP contribution in [-0.4, -0.2) is 37.4 Å². The van der Waals surface area contributed by atoms with Crippen molar-refractivity contribution >= 4 is 5.91 Å². The summed E-state index contributed by atoms with van der Waals surface area (Å²) in [6.45, 7) is 1.34. The Labute approximate surface area is 115 Å². The molecule has 2 aliphatic rings. The van der Waals surface area contributed by atoms with Gasteiger partial charge in [-0.1, -0.05) is 25.7 Å². The van der Waals surface area contributed by atoms with Gasteiger partial charge in [0, 0.05) is 19.1 Å². The van der Waals surface area contributed by atoms with E-state index in [0.29, 0.717) is 13.2 Å². The van der Waals surface area contributed by atoms with E-state index in [2.05, 4.69) is 5.32 Å². The van der Waals surface area contributed by atoms with Gasteiger partial charge >= 0.3 is 0 Å². The summed E-state index contributed by atoms with van der Waals surface area (Å²) in [7, 11) is 1.71. The Morgan fingerprint density at radius 2 is 2.00 bits per heavy atom. The molecule has 2 N–H and O–H groups in total. The van der Waals surface area contributed by atoms with Crippen LogP contribution in [0.4, 0.5) is 0 Å². The van der Waals surface area contributed by atoms with Crippen LogP contribution in [0.15, 0.2) is 0 Å². The van der Waals surface area contributed by atoms with Crippen LogP contribution in [0.2, 0.25) is 0 Å². The summed E-state index contributed by atoms with van der Waals surface area (Å²) in [6, 6.07) is 0. The molecule has 0 saturated heterocycles. The minimum Gasteiger partial charge on any atom is -0.384 e. The summed E-state index contributed by atoms with van der Waals surface area (Å²) in [4.78, 5) is 12.0. The first-order valence-corrected chi connectivity index (χ1v) is 7.62. The molecule has 0 heterocycles. The van der Waals surface area contributed by atoms with E-state index in [-0.39, 0.29) is 17.2 Å². The van der Waals surface area contributed by atoms with E-state index in [1.165, 1.54) is 12.8 Å². The molecule has 110 valence electrons. The summed E-state index contributed by atoms with van der Waals surface area (Å²) >= 11 is 0. The molecular formula is C15H27NO3. The van der Waals surface area contributed by atoms with Crippen molar-refractivity contribution in [3.8, 4) is 0 Å². The fourth-order valence-electron chi connectivity index (χ4n) is 3.40. The number of carbonyl (C=O) groups excluding carboxylic acids is 1. The number of carbonyl (C=O) groups is 1. The highest BCUT2D eigenvalue weighted by molar-refractivity contribution is 5.80. The predicted octanol–water partition coefficient (Wildman–Crippen LogP) is 1.86. The van der Waals surface area contributed by atoms with Crippen molar-refractivity contribution in [3.05, 3.63) is 0 Å². The predicted molar refractivity (Wildman–Crippen MR) is 73.8 cm³/mol. The molecule has 0 aromatic carbocycles. The van der Waals surface area contributed by atoms with Crippen molar-refractivity contribution in [3.63, 3.8) is 0 Å². The lowest BCUT2D eigenvalue weighted by Crippen LogP contribution is -2.48. The fraction of sp³-hybridized carbons (Fsp3) is 0.933. The first-order valence-electron chi connectivity index (χ1n) is 7.62. The molecule has 2 aliphatic carbocycles. The molecule has 2 rings (SSSR count). The molecule has 0 aromatic heterocycles. The normalized spacial score (nSPS) is 24.5. The minimum absolute atomic E-state index is 0.122. The second-order valence-corrected chi connectivity index (χ2v) is 6.35. The van der Waals surface area contributed by atoms with Gasteiger partial charge in [-0.25, -0.2) is 0 Å². The maximum atomic E-state index is 12.0. The molecule has 1 amide bonds. The molecule has 4 heteroatoms. The van der Waals surface area contributed by atoms with Crippen molar-refractivity contribution in [2.45, 2.75) is 57.5 Å². The number of ether oxygens (including phenoxy) is 1. The number of amides is 1. The molecule has 19 heavy (non-hydrogen) atoms. The van der Waals surface area contributed by atoms with Crippen LogP contribution in [0, 0.1) is 11.3 Å². The standard InChI is InChI=1S/C15H27NO3/c1-19-11-15(8-5-9-15)10-16-14(18)13(17)12-6-3-2-4-7-12/h12-13,17H,2-11H2,1H3,(H,16,18)/t13-/m1/s1. The molecule has 4 nitrogen and oxygen atoms in total. The number of hydrogen-bond acceptors (Lipinski definition) is 3. The molecule has 0 spiro atoms. The highest BCUT2D eigenvalue weighted by Gasteiger charge is 2.38. The Hall–Kier alpha value is -0.610. The van der Waals surface area contributed by atoms with Crippen molar-refractivity contribution in [2.24, 2.45) is 11.3 Å². The Bertz CT molecular complexity index is 296. The van der Waals surface area contributed by atoms with Crippen molar-refractivity contribution in [2.75, 3.05) is 20.3 Å². The van der Waals surface area contributed by atoms with E-state index in [4.69, 9.17) is 4.74 Å². The van der Waals surface area contributed by atoms with E-state index in [9.17, 15) is 9.90 Å². The molecule has 0 aliphatic heterocycles. The quantitative estimate of drug-likeness (QED) is 0.774. The van der Waals surface area contributed by atoms with E-state index in [1.807, 2.05) is 0 Å². The highest BCUT2D eigenvalue weighted by atomic mass is 16.5. The van der Waals surface area contributed by atoms with Crippen LogP contribution in [0.3, 0.4) is 0 Å². The molecule has 0 radical (unpaired) electrons. The van der Waals surface area contributed by atoms with Gasteiger partial charge in [0.1, 0.15) is 6.10 Å². The Morgan fingerprint density at radius 3 is 2.53 bits per heavy atom. The zero-order valence-electron chi connectivity index (χ0n) is 12.0. The smallest absolute Gasteiger partial charge is 0.249 e. The monoisotopic (exact) mass is 269 g/mol.